The minimum Gasteiger partial charge on any atom is -0.354 e. The van der Waals surface area contributed by atoms with Crippen LogP contribution in [0.15, 0.2) is 0 Å². The van der Waals surface area contributed by atoms with Crippen molar-refractivity contribution in [3.05, 3.63) is 0 Å². The van der Waals surface area contributed by atoms with Crippen molar-refractivity contribution in [3.63, 3.8) is 0 Å². The molecule has 1 atom stereocenters. The van der Waals surface area contributed by atoms with E-state index in [1.54, 1.807) is 20.8 Å². The van der Waals surface area contributed by atoms with Crippen molar-refractivity contribution in [2.24, 2.45) is 11.1 Å². The Morgan fingerprint density at radius 1 is 1.28 bits per heavy atom. The molecule has 0 spiro atoms. The fourth-order valence-corrected chi connectivity index (χ4v) is 2.53. The van der Waals surface area contributed by atoms with Gasteiger partial charge in [0.25, 0.3) is 0 Å². The molecule has 0 aromatic heterocycles. The Hall–Kier alpha value is -0.660. The van der Waals surface area contributed by atoms with Gasteiger partial charge in [0.15, 0.2) is 0 Å². The molecule has 0 saturated heterocycles. The number of hydrogen-bond donors (Lipinski definition) is 3. The maximum atomic E-state index is 12.0. The zero-order chi connectivity index (χ0) is 14.6. The van der Waals surface area contributed by atoms with Crippen molar-refractivity contribution in [3.8, 4) is 0 Å². The maximum absolute atomic E-state index is 12.0. The van der Waals surface area contributed by atoms with Gasteiger partial charge in [-0.3, -0.25) is 4.79 Å². The first-order valence-electron chi connectivity index (χ1n) is 5.93. The first-order chi connectivity index (χ1) is 7.96. The van der Waals surface area contributed by atoms with Crippen LogP contribution in [0, 0.1) is 5.41 Å². The first kappa shape index (κ1) is 17.3. The average Bonchev–Trinajstić information content (AvgIpc) is 2.21. The Balaban J connectivity index is 4.54. The third kappa shape index (κ3) is 5.79. The molecule has 4 N–H and O–H groups in total. The van der Waals surface area contributed by atoms with E-state index in [1.165, 1.54) is 0 Å². The molecule has 0 aromatic carbocycles. The van der Waals surface area contributed by atoms with Crippen LogP contribution in [0.1, 0.15) is 34.1 Å². The van der Waals surface area contributed by atoms with Crippen molar-refractivity contribution >= 4 is 15.9 Å². The summed E-state index contributed by atoms with van der Waals surface area (Å²) in [5, 5.41) is 2.74. The van der Waals surface area contributed by atoms with Crippen LogP contribution >= 0.6 is 0 Å². The number of amides is 1. The van der Waals surface area contributed by atoms with Gasteiger partial charge in [0.1, 0.15) is 0 Å². The minimum atomic E-state index is -3.30. The van der Waals surface area contributed by atoms with Crippen molar-refractivity contribution < 1.29 is 13.2 Å². The van der Waals surface area contributed by atoms with Gasteiger partial charge < -0.3 is 11.1 Å². The molecule has 0 heterocycles. The molecule has 0 rings (SSSR count). The van der Waals surface area contributed by atoms with Crippen molar-refractivity contribution in [2.75, 3.05) is 19.3 Å². The Bertz CT molecular complexity index is 386. The van der Waals surface area contributed by atoms with Gasteiger partial charge in [0.05, 0.1) is 11.7 Å². The highest BCUT2D eigenvalue weighted by Gasteiger charge is 2.31. The summed E-state index contributed by atoms with van der Waals surface area (Å²) in [6.07, 6.45) is 1.72. The lowest BCUT2D eigenvalue weighted by molar-refractivity contribution is -0.130. The third-order valence-corrected chi connectivity index (χ3v) is 3.85. The maximum Gasteiger partial charge on any atom is 0.227 e. The van der Waals surface area contributed by atoms with Gasteiger partial charge in [-0.25, -0.2) is 13.1 Å². The number of carbonyl (C=O) groups excluding carboxylic acids is 1. The van der Waals surface area contributed by atoms with E-state index < -0.39 is 21.0 Å². The molecule has 1 unspecified atom stereocenters. The second kappa shape index (κ2) is 5.99. The van der Waals surface area contributed by atoms with Crippen LogP contribution < -0.4 is 15.8 Å². The third-order valence-electron chi connectivity index (χ3n) is 2.93. The molecule has 0 bridgehead atoms. The van der Waals surface area contributed by atoms with E-state index >= 15 is 0 Å². The largest absolute Gasteiger partial charge is 0.354 e. The van der Waals surface area contributed by atoms with Crippen LogP contribution in [0.3, 0.4) is 0 Å². The topological polar surface area (TPSA) is 101 Å². The van der Waals surface area contributed by atoms with Crippen LogP contribution in [0.4, 0.5) is 0 Å². The Labute approximate surface area is 110 Å². The highest BCUT2D eigenvalue weighted by atomic mass is 32.2. The fraction of sp³-hybridized carbons (Fsp3) is 0.909. The lowest BCUT2D eigenvalue weighted by Crippen LogP contribution is -2.54. The molecule has 1 amide bonds. The van der Waals surface area contributed by atoms with Gasteiger partial charge in [0, 0.05) is 18.6 Å². The predicted molar refractivity (Wildman–Crippen MR) is 72.5 cm³/mol. The van der Waals surface area contributed by atoms with Crippen molar-refractivity contribution in [2.45, 2.75) is 39.7 Å². The summed E-state index contributed by atoms with van der Waals surface area (Å²) in [4.78, 5) is 12.0. The lowest BCUT2D eigenvalue weighted by Gasteiger charge is -2.30. The number of hydrogen-bond acceptors (Lipinski definition) is 4. The molecule has 7 heteroatoms. The van der Waals surface area contributed by atoms with E-state index in [0.29, 0.717) is 6.42 Å². The number of carbonyl (C=O) groups is 1. The molecule has 0 aliphatic carbocycles. The molecule has 6 nitrogen and oxygen atoms in total. The Morgan fingerprint density at radius 3 is 2.11 bits per heavy atom. The predicted octanol–water partition coefficient (Wildman–Crippen LogP) is -0.195. The number of sulfonamides is 1. The van der Waals surface area contributed by atoms with Crippen molar-refractivity contribution in [1.29, 1.82) is 0 Å². The Kier molecular flexibility index (Phi) is 5.77. The van der Waals surface area contributed by atoms with E-state index in [-0.39, 0.29) is 19.0 Å². The highest BCUT2D eigenvalue weighted by molar-refractivity contribution is 7.88. The lowest BCUT2D eigenvalue weighted by atomic mass is 9.86. The summed E-state index contributed by atoms with van der Waals surface area (Å²) < 4.78 is 24.8. The summed E-state index contributed by atoms with van der Waals surface area (Å²) in [5.41, 5.74) is 4.25. The van der Waals surface area contributed by atoms with Crippen molar-refractivity contribution in [1.82, 2.24) is 10.0 Å². The average molecular weight is 279 g/mol. The zero-order valence-electron chi connectivity index (χ0n) is 11.8. The molecule has 0 aliphatic heterocycles. The molecule has 0 aliphatic rings. The molecule has 108 valence electrons. The summed E-state index contributed by atoms with van der Waals surface area (Å²) in [5.74, 6) is -0.157. The van der Waals surface area contributed by atoms with E-state index in [4.69, 9.17) is 5.73 Å². The van der Waals surface area contributed by atoms with Crippen LogP contribution in [0.25, 0.3) is 0 Å². The van der Waals surface area contributed by atoms with Gasteiger partial charge in [-0.2, -0.15) is 0 Å². The van der Waals surface area contributed by atoms with Gasteiger partial charge in [-0.1, -0.05) is 6.92 Å². The van der Waals surface area contributed by atoms with Gasteiger partial charge in [-0.15, -0.1) is 0 Å². The number of rotatable bonds is 7. The second-order valence-corrected chi connectivity index (χ2v) is 7.31. The summed E-state index contributed by atoms with van der Waals surface area (Å²) in [7, 11) is -3.30. The molecule has 0 saturated carbocycles. The van der Waals surface area contributed by atoms with Gasteiger partial charge in [0.2, 0.25) is 15.9 Å². The molecule has 0 aromatic rings. The highest BCUT2D eigenvalue weighted by Crippen LogP contribution is 2.19. The minimum absolute atomic E-state index is 0.157. The van der Waals surface area contributed by atoms with Crippen LogP contribution in [0.2, 0.25) is 0 Å². The van der Waals surface area contributed by atoms with Crippen LogP contribution in [-0.4, -0.2) is 39.2 Å². The Morgan fingerprint density at radius 2 is 1.78 bits per heavy atom. The fourth-order valence-electron chi connectivity index (χ4n) is 1.45. The van der Waals surface area contributed by atoms with E-state index in [2.05, 4.69) is 10.0 Å². The molecule has 18 heavy (non-hydrogen) atoms. The van der Waals surface area contributed by atoms with Gasteiger partial charge >= 0.3 is 0 Å². The number of nitrogens with two attached hydrogens (primary N) is 1. The normalized spacial score (nSPS) is 16.1. The summed E-state index contributed by atoms with van der Waals surface area (Å²) in [6, 6.07) is 0. The standard InChI is InChI=1S/C11H25N3O3S/c1-6-11(4,7-12)9(15)13-8-10(2,3)14-18(5,16)17/h14H,6-8,12H2,1-5H3,(H,13,15). The smallest absolute Gasteiger partial charge is 0.227 e. The molecular weight excluding hydrogens is 254 g/mol. The first-order valence-corrected chi connectivity index (χ1v) is 7.82. The zero-order valence-corrected chi connectivity index (χ0v) is 12.6. The van der Waals surface area contributed by atoms with Crippen LogP contribution in [-0.2, 0) is 14.8 Å². The molecule has 0 fully saturated rings. The molecule has 0 radical (unpaired) electrons. The second-order valence-electron chi connectivity index (χ2n) is 5.56. The van der Waals surface area contributed by atoms with E-state index in [0.717, 1.165) is 6.26 Å². The van der Waals surface area contributed by atoms with E-state index in [9.17, 15) is 13.2 Å². The SMILES string of the molecule is CCC(C)(CN)C(=O)NCC(C)(C)NS(C)(=O)=O. The molecular formula is C11H25N3O3S. The van der Waals surface area contributed by atoms with E-state index in [1.807, 2.05) is 6.92 Å². The van der Waals surface area contributed by atoms with Gasteiger partial charge in [-0.05, 0) is 27.2 Å². The summed E-state index contributed by atoms with van der Waals surface area (Å²) in [6.45, 7) is 7.58. The quantitative estimate of drug-likeness (QED) is 0.601. The number of nitrogens with one attached hydrogen (secondary N) is 2. The monoisotopic (exact) mass is 279 g/mol. The summed E-state index contributed by atoms with van der Waals surface area (Å²) >= 11 is 0. The van der Waals surface area contributed by atoms with Crippen LogP contribution in [0.5, 0.6) is 0 Å².